The number of halogens is 1. The Kier molecular flexibility index (Phi) is 9.55. The average molecular weight is 494 g/mol. The highest BCUT2D eigenvalue weighted by molar-refractivity contribution is 6.30. The molecule has 5 nitrogen and oxygen atoms in total. The van der Waals surface area contributed by atoms with Crippen LogP contribution in [0.5, 0.6) is 0 Å². The first-order valence-electron chi connectivity index (χ1n) is 12.4. The van der Waals surface area contributed by atoms with E-state index in [0.717, 1.165) is 25.1 Å². The highest BCUT2D eigenvalue weighted by atomic mass is 35.5. The van der Waals surface area contributed by atoms with Crippen LogP contribution in [0, 0.1) is 6.92 Å². The summed E-state index contributed by atoms with van der Waals surface area (Å²) in [6.45, 7) is 10.1. The highest BCUT2D eigenvalue weighted by Gasteiger charge is 2.25. The largest absolute Gasteiger partial charge is 0.345 e. The van der Waals surface area contributed by atoms with E-state index in [1.807, 2.05) is 24.0 Å². The number of carbonyl (C=O) groups excluding carboxylic acids is 2. The number of benzene rings is 2. The molecule has 1 atom stereocenters. The Morgan fingerprint density at radius 1 is 1.00 bits per heavy atom. The molecule has 0 aliphatic carbocycles. The molecular formula is C29H36ClN3O2. The molecule has 0 aliphatic rings. The van der Waals surface area contributed by atoms with Gasteiger partial charge in [0.25, 0.3) is 5.91 Å². The van der Waals surface area contributed by atoms with Crippen molar-refractivity contribution in [2.75, 3.05) is 13.1 Å². The first-order chi connectivity index (χ1) is 16.8. The number of aryl methyl sites for hydroxylation is 1. The first-order valence-corrected chi connectivity index (χ1v) is 12.7. The van der Waals surface area contributed by atoms with Crippen LogP contribution in [0.4, 0.5) is 0 Å². The predicted molar refractivity (Wildman–Crippen MR) is 143 cm³/mol. The zero-order valence-corrected chi connectivity index (χ0v) is 22.0. The molecule has 3 aromatic rings. The van der Waals surface area contributed by atoms with Crippen molar-refractivity contribution in [3.63, 3.8) is 0 Å². The summed E-state index contributed by atoms with van der Waals surface area (Å²) in [5, 5.41) is 0.580. The molecule has 0 N–H and O–H groups in total. The lowest BCUT2D eigenvalue weighted by Crippen LogP contribution is -2.46. The van der Waals surface area contributed by atoms with E-state index < -0.39 is 0 Å². The molecule has 0 spiro atoms. The normalized spacial score (nSPS) is 11.8. The van der Waals surface area contributed by atoms with E-state index in [0.29, 0.717) is 23.7 Å². The maximum absolute atomic E-state index is 13.6. The topological polar surface area (TPSA) is 45.6 Å². The van der Waals surface area contributed by atoms with Gasteiger partial charge in [-0.3, -0.25) is 9.59 Å². The molecule has 0 saturated heterocycles. The maximum Gasteiger partial charge on any atom is 0.254 e. The summed E-state index contributed by atoms with van der Waals surface area (Å²) in [4.78, 5) is 30.3. The Morgan fingerprint density at radius 3 is 2.37 bits per heavy atom. The van der Waals surface area contributed by atoms with Crippen molar-refractivity contribution in [2.24, 2.45) is 0 Å². The molecule has 0 aliphatic heterocycles. The van der Waals surface area contributed by atoms with E-state index in [4.69, 9.17) is 11.6 Å². The number of aromatic nitrogens is 1. The van der Waals surface area contributed by atoms with E-state index in [9.17, 15) is 9.59 Å². The van der Waals surface area contributed by atoms with Crippen molar-refractivity contribution >= 4 is 23.4 Å². The number of hydrogen-bond acceptors (Lipinski definition) is 2. The minimum atomic E-state index is -0.149. The summed E-state index contributed by atoms with van der Waals surface area (Å²) in [6, 6.07) is 19.3. The molecular weight excluding hydrogens is 458 g/mol. The SMILES string of the molecule is CCCN(CC(=O)N(Cc1cccn1Cc1ccccc1C)C(C)CC)C(=O)c1ccc(Cl)cc1. The zero-order valence-electron chi connectivity index (χ0n) is 21.2. The fourth-order valence-corrected chi connectivity index (χ4v) is 4.28. The number of hydrogen-bond donors (Lipinski definition) is 0. The van der Waals surface area contributed by atoms with Gasteiger partial charge in [0.15, 0.2) is 0 Å². The molecule has 1 heterocycles. The van der Waals surface area contributed by atoms with Crippen LogP contribution < -0.4 is 0 Å². The van der Waals surface area contributed by atoms with Crippen molar-refractivity contribution in [2.45, 2.75) is 59.7 Å². The Labute approximate surface area is 214 Å². The van der Waals surface area contributed by atoms with Crippen LogP contribution in [0.15, 0.2) is 66.9 Å². The maximum atomic E-state index is 13.6. The predicted octanol–water partition coefficient (Wildman–Crippen LogP) is 6.18. The van der Waals surface area contributed by atoms with Crippen LogP contribution in [0.25, 0.3) is 0 Å². The van der Waals surface area contributed by atoms with Crippen molar-refractivity contribution in [3.05, 3.63) is 94.3 Å². The Morgan fingerprint density at radius 2 is 1.71 bits per heavy atom. The molecule has 0 radical (unpaired) electrons. The third-order valence-electron chi connectivity index (χ3n) is 6.50. The molecule has 6 heteroatoms. The molecule has 0 bridgehead atoms. The van der Waals surface area contributed by atoms with Crippen LogP contribution in [-0.4, -0.2) is 45.3 Å². The second kappa shape index (κ2) is 12.6. The Bertz CT molecular complexity index is 1120. The molecule has 186 valence electrons. The highest BCUT2D eigenvalue weighted by Crippen LogP contribution is 2.17. The lowest BCUT2D eigenvalue weighted by Gasteiger charge is -2.32. The van der Waals surface area contributed by atoms with Crippen LogP contribution >= 0.6 is 11.6 Å². The van der Waals surface area contributed by atoms with Gasteiger partial charge < -0.3 is 14.4 Å². The average Bonchev–Trinajstić information content (AvgIpc) is 3.29. The monoisotopic (exact) mass is 493 g/mol. The lowest BCUT2D eigenvalue weighted by atomic mass is 10.1. The number of rotatable bonds is 11. The number of carbonyl (C=O) groups is 2. The molecule has 35 heavy (non-hydrogen) atoms. The smallest absolute Gasteiger partial charge is 0.254 e. The van der Waals surface area contributed by atoms with Gasteiger partial charge in [-0.2, -0.15) is 0 Å². The minimum absolute atomic E-state index is 0.0428. The van der Waals surface area contributed by atoms with E-state index in [2.05, 4.69) is 55.8 Å². The van der Waals surface area contributed by atoms with Gasteiger partial charge in [0.05, 0.1) is 6.54 Å². The van der Waals surface area contributed by atoms with Gasteiger partial charge in [-0.1, -0.05) is 49.7 Å². The van der Waals surface area contributed by atoms with Crippen molar-refractivity contribution in [3.8, 4) is 0 Å². The molecule has 1 aromatic heterocycles. The van der Waals surface area contributed by atoms with Gasteiger partial charge in [0.2, 0.25) is 5.91 Å². The molecule has 2 amide bonds. The van der Waals surface area contributed by atoms with Gasteiger partial charge in [0.1, 0.15) is 6.54 Å². The second-order valence-corrected chi connectivity index (χ2v) is 9.50. The van der Waals surface area contributed by atoms with Gasteiger partial charge in [-0.05, 0) is 74.2 Å². The summed E-state index contributed by atoms with van der Waals surface area (Å²) in [7, 11) is 0. The summed E-state index contributed by atoms with van der Waals surface area (Å²) in [5.74, 6) is -0.192. The quantitative estimate of drug-likeness (QED) is 0.320. The summed E-state index contributed by atoms with van der Waals surface area (Å²) < 4.78 is 2.20. The number of amides is 2. The van der Waals surface area contributed by atoms with E-state index in [-0.39, 0.29) is 24.4 Å². The first kappa shape index (κ1) is 26.6. The van der Waals surface area contributed by atoms with Crippen LogP contribution in [0.2, 0.25) is 5.02 Å². The second-order valence-electron chi connectivity index (χ2n) is 9.07. The summed E-state index contributed by atoms with van der Waals surface area (Å²) in [5.41, 5.74) is 4.12. The third-order valence-corrected chi connectivity index (χ3v) is 6.75. The summed E-state index contributed by atoms with van der Waals surface area (Å²) in [6.07, 6.45) is 3.67. The molecule has 0 saturated carbocycles. The van der Waals surface area contributed by atoms with Gasteiger partial charge >= 0.3 is 0 Å². The summed E-state index contributed by atoms with van der Waals surface area (Å²) >= 11 is 5.99. The van der Waals surface area contributed by atoms with Gasteiger partial charge in [0, 0.05) is 41.6 Å². The molecule has 3 rings (SSSR count). The van der Waals surface area contributed by atoms with Crippen LogP contribution in [0.1, 0.15) is 60.8 Å². The van der Waals surface area contributed by atoms with Crippen LogP contribution in [0.3, 0.4) is 0 Å². The molecule has 2 aromatic carbocycles. The Balaban J connectivity index is 1.78. The van der Waals surface area contributed by atoms with Crippen molar-refractivity contribution in [1.29, 1.82) is 0 Å². The lowest BCUT2D eigenvalue weighted by molar-refractivity contribution is -0.134. The van der Waals surface area contributed by atoms with Gasteiger partial charge in [-0.25, -0.2) is 0 Å². The minimum Gasteiger partial charge on any atom is -0.345 e. The number of nitrogens with zero attached hydrogens (tertiary/aromatic N) is 3. The fourth-order valence-electron chi connectivity index (χ4n) is 4.15. The van der Waals surface area contributed by atoms with Gasteiger partial charge in [-0.15, -0.1) is 0 Å². The zero-order chi connectivity index (χ0) is 25.4. The fraction of sp³-hybridized carbons (Fsp3) is 0.379. The van der Waals surface area contributed by atoms with E-state index >= 15 is 0 Å². The van der Waals surface area contributed by atoms with Crippen LogP contribution in [-0.2, 0) is 17.9 Å². The molecule has 1 unspecified atom stereocenters. The van der Waals surface area contributed by atoms with E-state index in [1.165, 1.54) is 11.1 Å². The standard InChI is InChI=1S/C29H36ClN3O2/c1-5-17-32(29(35)24-13-15-26(30)16-14-24)21-28(34)33(23(4)6-2)20-27-12-9-18-31(27)19-25-11-8-7-10-22(25)3/h7-16,18,23H,5-6,17,19-21H2,1-4H3. The Hall–Kier alpha value is -3.05. The molecule has 0 fully saturated rings. The van der Waals surface area contributed by atoms with Crippen molar-refractivity contribution < 1.29 is 9.59 Å². The third kappa shape index (κ3) is 6.98. The van der Waals surface area contributed by atoms with E-state index in [1.54, 1.807) is 29.2 Å². The van der Waals surface area contributed by atoms with Crippen molar-refractivity contribution in [1.82, 2.24) is 14.4 Å².